The summed E-state index contributed by atoms with van der Waals surface area (Å²) in [5, 5.41) is 8.35. The number of carbonyl (C=O) groups is 1. The number of carbonyl (C=O) groups excluding carboxylic acids is 1. The third-order valence-corrected chi connectivity index (χ3v) is 6.16. The van der Waals surface area contributed by atoms with Crippen LogP contribution in [0.5, 0.6) is 5.75 Å². The number of anilines is 1. The molecule has 0 amide bonds. The summed E-state index contributed by atoms with van der Waals surface area (Å²) in [7, 11) is 0. The standard InChI is InChI=1S/C26H29FN4O3S/c1-15(2)33-20-12-10-18(11-13-20)23-22(24(32)34-16(3)4)17(5)28-25-29-26(30-31(23)25)35-14-19-8-6-7-9-21(19)27/h6-13,15-16,23H,14H2,1-5H3,(H,28,29,30). The molecule has 0 aliphatic carbocycles. The average Bonchev–Trinajstić information content (AvgIpc) is 3.19. The Morgan fingerprint density at radius 1 is 1.11 bits per heavy atom. The van der Waals surface area contributed by atoms with Gasteiger partial charge >= 0.3 is 5.97 Å². The van der Waals surface area contributed by atoms with Gasteiger partial charge in [-0.15, -0.1) is 5.10 Å². The number of hydrogen-bond acceptors (Lipinski definition) is 7. The van der Waals surface area contributed by atoms with Crippen molar-refractivity contribution in [1.82, 2.24) is 14.8 Å². The van der Waals surface area contributed by atoms with Gasteiger partial charge in [0.1, 0.15) is 17.6 Å². The predicted molar refractivity (Wildman–Crippen MR) is 134 cm³/mol. The van der Waals surface area contributed by atoms with Gasteiger partial charge in [0.05, 0.1) is 17.8 Å². The highest BCUT2D eigenvalue weighted by molar-refractivity contribution is 7.98. The van der Waals surface area contributed by atoms with E-state index in [1.807, 2.05) is 58.9 Å². The smallest absolute Gasteiger partial charge is 0.338 e. The third-order valence-electron chi connectivity index (χ3n) is 5.28. The van der Waals surface area contributed by atoms with Crippen molar-refractivity contribution in [2.24, 2.45) is 0 Å². The van der Waals surface area contributed by atoms with Crippen molar-refractivity contribution in [2.45, 2.75) is 63.8 Å². The van der Waals surface area contributed by atoms with Gasteiger partial charge in [0.2, 0.25) is 11.1 Å². The van der Waals surface area contributed by atoms with E-state index in [9.17, 15) is 9.18 Å². The number of nitrogens with one attached hydrogen (secondary N) is 1. The molecule has 7 nitrogen and oxygen atoms in total. The Hall–Kier alpha value is -3.33. The second kappa shape index (κ2) is 10.5. The summed E-state index contributed by atoms with van der Waals surface area (Å²) >= 11 is 1.33. The number of hydrogen-bond donors (Lipinski definition) is 1. The van der Waals surface area contributed by atoms with Crippen LogP contribution in [0.15, 0.2) is 65.0 Å². The van der Waals surface area contributed by atoms with Crippen LogP contribution in [0.25, 0.3) is 0 Å². The van der Waals surface area contributed by atoms with Crippen LogP contribution in [0, 0.1) is 5.82 Å². The molecule has 4 rings (SSSR count). The fraction of sp³-hybridized carbons (Fsp3) is 0.346. The summed E-state index contributed by atoms with van der Waals surface area (Å²) in [5.74, 6) is 0.951. The maximum absolute atomic E-state index is 14.1. The number of nitrogens with zero attached hydrogens (tertiary/aromatic N) is 3. The van der Waals surface area contributed by atoms with E-state index in [-0.39, 0.29) is 18.0 Å². The van der Waals surface area contributed by atoms with Crippen LogP contribution in [-0.2, 0) is 15.3 Å². The summed E-state index contributed by atoms with van der Waals surface area (Å²) in [6.45, 7) is 9.39. The van der Waals surface area contributed by atoms with E-state index in [0.29, 0.717) is 33.7 Å². The highest BCUT2D eigenvalue weighted by atomic mass is 32.2. The van der Waals surface area contributed by atoms with Crippen molar-refractivity contribution in [3.8, 4) is 5.75 Å². The van der Waals surface area contributed by atoms with E-state index in [2.05, 4.69) is 15.4 Å². The number of benzene rings is 2. The van der Waals surface area contributed by atoms with Crippen molar-refractivity contribution in [1.29, 1.82) is 0 Å². The molecule has 1 N–H and O–H groups in total. The zero-order chi connectivity index (χ0) is 25.1. The van der Waals surface area contributed by atoms with Crippen LogP contribution in [0.1, 0.15) is 51.8 Å². The first kappa shape index (κ1) is 24.8. The first-order chi connectivity index (χ1) is 16.7. The van der Waals surface area contributed by atoms with E-state index in [1.165, 1.54) is 17.8 Å². The molecule has 2 aromatic carbocycles. The average molecular weight is 497 g/mol. The van der Waals surface area contributed by atoms with Gasteiger partial charge in [-0.25, -0.2) is 13.9 Å². The van der Waals surface area contributed by atoms with Crippen LogP contribution in [-0.4, -0.2) is 32.9 Å². The molecule has 0 fully saturated rings. The number of aromatic nitrogens is 3. The lowest BCUT2D eigenvalue weighted by Crippen LogP contribution is -2.30. The van der Waals surface area contributed by atoms with Gasteiger partial charge in [0, 0.05) is 11.4 Å². The highest BCUT2D eigenvalue weighted by Gasteiger charge is 2.35. The van der Waals surface area contributed by atoms with Gasteiger partial charge in [0.15, 0.2) is 0 Å². The van der Waals surface area contributed by atoms with Gasteiger partial charge < -0.3 is 14.8 Å². The monoisotopic (exact) mass is 496 g/mol. The second-order valence-corrected chi connectivity index (χ2v) is 9.74. The Morgan fingerprint density at radius 3 is 2.49 bits per heavy atom. The molecular weight excluding hydrogens is 467 g/mol. The van der Waals surface area contributed by atoms with Crippen molar-refractivity contribution >= 4 is 23.7 Å². The van der Waals surface area contributed by atoms with Gasteiger partial charge in [-0.2, -0.15) is 4.98 Å². The third kappa shape index (κ3) is 5.67. The SMILES string of the molecule is CC1=C(C(=O)OC(C)C)C(c2ccc(OC(C)C)cc2)n2nc(SCc3ccccc3F)nc2N1. The normalized spacial score (nSPS) is 15.3. The molecule has 0 radical (unpaired) electrons. The summed E-state index contributed by atoms with van der Waals surface area (Å²) in [5.41, 5.74) is 2.52. The molecule has 1 aromatic heterocycles. The summed E-state index contributed by atoms with van der Waals surface area (Å²) in [6, 6.07) is 13.7. The van der Waals surface area contributed by atoms with Crippen LogP contribution < -0.4 is 10.1 Å². The van der Waals surface area contributed by atoms with Crippen molar-refractivity contribution in [3.05, 3.63) is 76.7 Å². The molecule has 0 bridgehead atoms. The minimum Gasteiger partial charge on any atom is -0.491 e. The number of rotatable bonds is 8. The molecule has 0 saturated carbocycles. The lowest BCUT2D eigenvalue weighted by Gasteiger charge is -2.28. The minimum atomic E-state index is -0.541. The summed E-state index contributed by atoms with van der Waals surface area (Å²) < 4.78 is 27.1. The van der Waals surface area contributed by atoms with Gasteiger partial charge in [-0.3, -0.25) is 0 Å². The molecule has 9 heteroatoms. The molecule has 1 atom stereocenters. The maximum Gasteiger partial charge on any atom is 0.338 e. The Balaban J connectivity index is 1.69. The minimum absolute atomic E-state index is 0.0504. The van der Waals surface area contributed by atoms with Crippen LogP contribution in [0.2, 0.25) is 0 Å². The number of allylic oxidation sites excluding steroid dienone is 1. The molecule has 0 spiro atoms. The number of ether oxygens (including phenoxy) is 2. The maximum atomic E-state index is 14.1. The van der Waals surface area contributed by atoms with Gasteiger partial charge in [0.25, 0.3) is 0 Å². The van der Waals surface area contributed by atoms with Crippen molar-refractivity contribution in [2.75, 3.05) is 5.32 Å². The molecule has 184 valence electrons. The zero-order valence-corrected chi connectivity index (χ0v) is 21.2. The highest BCUT2D eigenvalue weighted by Crippen LogP contribution is 2.37. The molecule has 1 unspecified atom stereocenters. The fourth-order valence-corrected chi connectivity index (χ4v) is 4.62. The lowest BCUT2D eigenvalue weighted by molar-refractivity contribution is -0.143. The first-order valence-electron chi connectivity index (χ1n) is 11.5. The van der Waals surface area contributed by atoms with Crippen LogP contribution >= 0.6 is 11.8 Å². The van der Waals surface area contributed by atoms with Crippen molar-refractivity contribution < 1.29 is 18.7 Å². The first-order valence-corrected chi connectivity index (χ1v) is 12.5. The molecule has 0 saturated heterocycles. The van der Waals surface area contributed by atoms with E-state index < -0.39 is 12.0 Å². The largest absolute Gasteiger partial charge is 0.491 e. The molecule has 2 heterocycles. The van der Waals surface area contributed by atoms with E-state index >= 15 is 0 Å². The van der Waals surface area contributed by atoms with Crippen molar-refractivity contribution in [3.63, 3.8) is 0 Å². The lowest BCUT2D eigenvalue weighted by atomic mass is 9.95. The van der Waals surface area contributed by atoms with Gasteiger partial charge in [-0.05, 0) is 63.9 Å². The molecular formula is C26H29FN4O3S. The second-order valence-electron chi connectivity index (χ2n) is 8.80. The fourth-order valence-electron chi connectivity index (χ4n) is 3.80. The van der Waals surface area contributed by atoms with E-state index in [1.54, 1.807) is 22.9 Å². The van der Waals surface area contributed by atoms with Crippen LogP contribution in [0.3, 0.4) is 0 Å². The summed E-state index contributed by atoms with van der Waals surface area (Å²) in [4.78, 5) is 17.7. The molecule has 1 aliphatic heterocycles. The predicted octanol–water partition coefficient (Wildman–Crippen LogP) is 5.74. The summed E-state index contributed by atoms with van der Waals surface area (Å²) in [6.07, 6.45) is -0.219. The zero-order valence-electron chi connectivity index (χ0n) is 20.4. The number of esters is 1. The Bertz CT molecular complexity index is 1240. The molecule has 1 aliphatic rings. The van der Waals surface area contributed by atoms with Gasteiger partial charge in [-0.1, -0.05) is 42.1 Å². The van der Waals surface area contributed by atoms with E-state index in [4.69, 9.17) is 9.47 Å². The quantitative estimate of drug-likeness (QED) is 0.315. The number of thioether (sulfide) groups is 1. The van der Waals surface area contributed by atoms with Crippen LogP contribution in [0.4, 0.5) is 10.3 Å². The van der Waals surface area contributed by atoms with E-state index in [0.717, 1.165) is 11.3 Å². The Labute approximate surface area is 208 Å². The number of fused-ring (bicyclic) bond motifs is 1. The molecule has 35 heavy (non-hydrogen) atoms. The Kier molecular flexibility index (Phi) is 7.45. The Morgan fingerprint density at radius 2 is 1.83 bits per heavy atom. The molecule has 3 aromatic rings. The topological polar surface area (TPSA) is 78.3 Å². The number of halogens is 1.